The molecule has 0 saturated heterocycles. The molecule has 0 aliphatic carbocycles. The third-order valence-electron chi connectivity index (χ3n) is 3.24. The molecule has 0 saturated carbocycles. The van der Waals surface area contributed by atoms with Crippen LogP contribution < -0.4 is 16.0 Å². The van der Waals surface area contributed by atoms with E-state index < -0.39 is 11.7 Å². The van der Waals surface area contributed by atoms with Gasteiger partial charge in [-0.3, -0.25) is 9.78 Å². The van der Waals surface area contributed by atoms with Crippen LogP contribution in [0.5, 0.6) is 0 Å². The second-order valence-corrected chi connectivity index (χ2v) is 5.03. The molecule has 0 atom stereocenters. The Kier molecular flexibility index (Phi) is 6.70. The molecule has 1 heterocycles. The third-order valence-corrected chi connectivity index (χ3v) is 3.24. The molecule has 1 aromatic heterocycles. The lowest BCUT2D eigenvalue weighted by Crippen LogP contribution is -2.41. The Labute approximate surface area is 139 Å². The Bertz CT molecular complexity index is 679. The van der Waals surface area contributed by atoms with Gasteiger partial charge in [0.15, 0.2) is 0 Å². The first-order chi connectivity index (χ1) is 11.7. The number of nitrogens with one attached hydrogen (secondary N) is 3. The quantitative estimate of drug-likeness (QED) is 0.673. The number of pyridine rings is 1. The summed E-state index contributed by atoms with van der Waals surface area (Å²) in [4.78, 5) is 27.3. The molecule has 3 N–H and O–H groups in total. The van der Waals surface area contributed by atoms with Crippen LogP contribution in [0.25, 0.3) is 0 Å². The van der Waals surface area contributed by atoms with Gasteiger partial charge in [0.05, 0.1) is 5.56 Å². The maximum atomic E-state index is 13.4. The molecule has 0 bridgehead atoms. The summed E-state index contributed by atoms with van der Waals surface area (Å²) >= 11 is 0. The zero-order chi connectivity index (χ0) is 17.2. The van der Waals surface area contributed by atoms with Crippen molar-refractivity contribution in [2.24, 2.45) is 0 Å². The van der Waals surface area contributed by atoms with Gasteiger partial charge >= 0.3 is 6.03 Å². The summed E-state index contributed by atoms with van der Waals surface area (Å²) in [6, 6.07) is 9.19. The maximum absolute atomic E-state index is 13.4. The molecular formula is C17H19FN4O2. The topological polar surface area (TPSA) is 83.1 Å². The first-order valence-electron chi connectivity index (χ1n) is 7.60. The van der Waals surface area contributed by atoms with Gasteiger partial charge in [-0.2, -0.15) is 0 Å². The number of rotatable bonds is 7. The van der Waals surface area contributed by atoms with Crippen molar-refractivity contribution in [1.82, 2.24) is 20.9 Å². The van der Waals surface area contributed by atoms with Crippen molar-refractivity contribution in [3.05, 3.63) is 65.7 Å². The molecule has 0 aliphatic heterocycles. The van der Waals surface area contributed by atoms with Crippen LogP contribution in [0.1, 0.15) is 15.9 Å². The van der Waals surface area contributed by atoms with Gasteiger partial charge in [0.1, 0.15) is 5.82 Å². The summed E-state index contributed by atoms with van der Waals surface area (Å²) in [5.41, 5.74) is 1.02. The van der Waals surface area contributed by atoms with Crippen molar-refractivity contribution in [3.63, 3.8) is 0 Å². The van der Waals surface area contributed by atoms with E-state index in [-0.39, 0.29) is 24.7 Å². The monoisotopic (exact) mass is 330 g/mol. The van der Waals surface area contributed by atoms with Gasteiger partial charge in [-0.1, -0.05) is 18.2 Å². The molecule has 126 valence electrons. The molecule has 6 nitrogen and oxygen atoms in total. The highest BCUT2D eigenvalue weighted by atomic mass is 19.1. The van der Waals surface area contributed by atoms with Gasteiger partial charge in [-0.15, -0.1) is 0 Å². The molecule has 0 aliphatic rings. The van der Waals surface area contributed by atoms with Crippen LogP contribution >= 0.6 is 0 Å². The fraction of sp³-hybridized carbons (Fsp3) is 0.235. The molecule has 7 heteroatoms. The average Bonchev–Trinajstić information content (AvgIpc) is 2.60. The zero-order valence-corrected chi connectivity index (χ0v) is 13.1. The van der Waals surface area contributed by atoms with Gasteiger partial charge in [0.2, 0.25) is 0 Å². The number of carbonyl (C=O) groups excluding carboxylic acids is 2. The van der Waals surface area contributed by atoms with E-state index in [4.69, 9.17) is 0 Å². The maximum Gasteiger partial charge on any atom is 0.314 e. The summed E-state index contributed by atoms with van der Waals surface area (Å²) < 4.78 is 13.4. The van der Waals surface area contributed by atoms with E-state index in [0.717, 1.165) is 5.56 Å². The van der Waals surface area contributed by atoms with E-state index in [1.165, 1.54) is 18.2 Å². The first-order valence-corrected chi connectivity index (χ1v) is 7.60. The molecule has 1 aromatic carbocycles. The summed E-state index contributed by atoms with van der Waals surface area (Å²) in [5, 5.41) is 7.87. The lowest BCUT2D eigenvalue weighted by molar-refractivity contribution is 0.0950. The van der Waals surface area contributed by atoms with Gasteiger partial charge in [-0.05, 0) is 30.2 Å². The number of benzene rings is 1. The Hall–Kier alpha value is -2.96. The number of halogens is 1. The Morgan fingerprint density at radius 2 is 1.71 bits per heavy atom. The molecule has 24 heavy (non-hydrogen) atoms. The summed E-state index contributed by atoms with van der Waals surface area (Å²) in [5.74, 6) is -1.08. The van der Waals surface area contributed by atoms with Crippen molar-refractivity contribution in [2.75, 3.05) is 19.6 Å². The Balaban J connectivity index is 1.59. The number of nitrogens with zero attached hydrogens (tertiary/aromatic N) is 1. The second kappa shape index (κ2) is 9.24. The smallest absolute Gasteiger partial charge is 0.314 e. The van der Waals surface area contributed by atoms with Crippen molar-refractivity contribution in [3.8, 4) is 0 Å². The van der Waals surface area contributed by atoms with Crippen molar-refractivity contribution in [2.45, 2.75) is 6.42 Å². The summed E-state index contributed by atoms with van der Waals surface area (Å²) in [6.07, 6.45) is 4.13. The van der Waals surface area contributed by atoms with Gasteiger partial charge in [0, 0.05) is 32.0 Å². The lowest BCUT2D eigenvalue weighted by Gasteiger charge is -2.09. The fourth-order valence-electron chi connectivity index (χ4n) is 2.02. The number of carbonyl (C=O) groups is 2. The van der Waals surface area contributed by atoms with Crippen LogP contribution in [0.3, 0.4) is 0 Å². The fourth-order valence-corrected chi connectivity index (χ4v) is 2.02. The SMILES string of the molecule is O=C(NCCNC(=O)c1ccccc1F)NCCc1cccnc1. The van der Waals surface area contributed by atoms with Crippen molar-refractivity contribution in [1.29, 1.82) is 0 Å². The van der Waals surface area contributed by atoms with Crippen LogP contribution in [0.15, 0.2) is 48.8 Å². The van der Waals surface area contributed by atoms with Crippen LogP contribution in [0.4, 0.5) is 9.18 Å². The number of amides is 3. The summed E-state index contributed by atoms with van der Waals surface area (Å²) in [6.45, 7) is 0.946. The van der Waals surface area contributed by atoms with Crippen LogP contribution in [0.2, 0.25) is 0 Å². The minimum atomic E-state index is -0.573. The first kappa shape index (κ1) is 17.4. The second-order valence-electron chi connectivity index (χ2n) is 5.03. The van der Waals surface area contributed by atoms with Crippen LogP contribution in [-0.4, -0.2) is 36.6 Å². The lowest BCUT2D eigenvalue weighted by atomic mass is 10.2. The molecular weight excluding hydrogens is 311 g/mol. The molecule has 3 amide bonds. The molecule has 0 unspecified atom stereocenters. The highest BCUT2D eigenvalue weighted by Gasteiger charge is 2.09. The van der Waals surface area contributed by atoms with E-state index in [1.807, 2.05) is 12.1 Å². The molecule has 0 radical (unpaired) electrons. The normalized spacial score (nSPS) is 10.0. The average molecular weight is 330 g/mol. The predicted molar refractivity (Wildman–Crippen MR) is 88.1 cm³/mol. The van der Waals surface area contributed by atoms with Crippen LogP contribution in [-0.2, 0) is 6.42 Å². The minimum Gasteiger partial charge on any atom is -0.350 e. The molecule has 2 aromatic rings. The van der Waals surface area contributed by atoms with Crippen LogP contribution in [0, 0.1) is 5.82 Å². The molecule has 0 fully saturated rings. The number of aromatic nitrogens is 1. The highest BCUT2D eigenvalue weighted by Crippen LogP contribution is 2.05. The largest absolute Gasteiger partial charge is 0.350 e. The third kappa shape index (κ3) is 5.68. The van der Waals surface area contributed by atoms with Gasteiger partial charge in [-0.25, -0.2) is 9.18 Å². The van der Waals surface area contributed by atoms with E-state index in [9.17, 15) is 14.0 Å². The van der Waals surface area contributed by atoms with E-state index in [0.29, 0.717) is 13.0 Å². The zero-order valence-electron chi connectivity index (χ0n) is 13.1. The number of hydrogen-bond acceptors (Lipinski definition) is 3. The van der Waals surface area contributed by atoms with E-state index in [2.05, 4.69) is 20.9 Å². The Morgan fingerprint density at radius 1 is 0.958 bits per heavy atom. The molecule has 2 rings (SSSR count). The number of hydrogen-bond donors (Lipinski definition) is 3. The predicted octanol–water partition coefficient (Wildman–Crippen LogP) is 1.49. The van der Waals surface area contributed by atoms with E-state index >= 15 is 0 Å². The highest BCUT2D eigenvalue weighted by molar-refractivity contribution is 5.94. The Morgan fingerprint density at radius 3 is 2.46 bits per heavy atom. The van der Waals surface area contributed by atoms with Gasteiger partial charge in [0.25, 0.3) is 5.91 Å². The van der Waals surface area contributed by atoms with E-state index in [1.54, 1.807) is 18.5 Å². The standard InChI is InChI=1S/C17H19FN4O2/c18-15-6-2-1-5-14(15)16(23)20-10-11-22-17(24)21-9-7-13-4-3-8-19-12-13/h1-6,8,12H,7,9-11H2,(H,20,23)(H2,21,22,24). The van der Waals surface area contributed by atoms with Crippen molar-refractivity contribution < 1.29 is 14.0 Å². The minimum absolute atomic E-state index is 0.0153. The summed E-state index contributed by atoms with van der Waals surface area (Å²) in [7, 11) is 0. The number of urea groups is 1. The van der Waals surface area contributed by atoms with Gasteiger partial charge < -0.3 is 16.0 Å². The molecule has 0 spiro atoms. The van der Waals surface area contributed by atoms with Crippen molar-refractivity contribution >= 4 is 11.9 Å².